The van der Waals surface area contributed by atoms with E-state index in [1.165, 1.54) is 6.92 Å². The highest BCUT2D eigenvalue weighted by molar-refractivity contribution is 6.01. The Morgan fingerprint density at radius 1 is 0.475 bits per heavy atom. The number of nitrogens with zero attached hydrogens (tertiary/aromatic N) is 2. The van der Waals surface area contributed by atoms with Crippen molar-refractivity contribution < 1.29 is 34.5 Å². The van der Waals surface area contributed by atoms with Crippen LogP contribution in [0.5, 0.6) is 0 Å². The number of nitriles is 2. The molecule has 1 rings (SSSR count). The van der Waals surface area contributed by atoms with Crippen LogP contribution >= 0.6 is 0 Å². The maximum Gasteiger partial charge on any atom is 0.324 e. The standard InChI is InChI=1S/C31H48N2O7/c1-25(34)31(28(39)40)21-15-9-3-7-13-19-29(23-32,26(35)36)17-11-5-2-6-12-18-30(24-33,27(37)38)20-14-8-4-10-16-22-31/h2-22H2,1H3,(H,35,36)(H,37,38)(H,39,40). The van der Waals surface area contributed by atoms with Crippen molar-refractivity contribution in [1.29, 1.82) is 10.5 Å². The minimum absolute atomic E-state index is 0.259. The lowest BCUT2D eigenvalue weighted by Crippen LogP contribution is -2.38. The highest BCUT2D eigenvalue weighted by atomic mass is 16.4. The second kappa shape index (κ2) is 17.7. The van der Waals surface area contributed by atoms with Crippen molar-refractivity contribution in [1.82, 2.24) is 0 Å². The summed E-state index contributed by atoms with van der Waals surface area (Å²) < 4.78 is 0. The zero-order valence-electron chi connectivity index (χ0n) is 24.2. The summed E-state index contributed by atoms with van der Waals surface area (Å²) in [6, 6.07) is 4.08. The molecule has 0 bridgehead atoms. The first kappa shape index (κ1) is 35.1. The number of carbonyl (C=O) groups is 4. The van der Waals surface area contributed by atoms with Gasteiger partial charge in [-0.3, -0.25) is 19.2 Å². The van der Waals surface area contributed by atoms with Crippen LogP contribution < -0.4 is 0 Å². The number of ketones is 1. The molecular formula is C31H48N2O7. The first-order valence-electron chi connectivity index (χ1n) is 15.1. The molecule has 0 saturated heterocycles. The molecule has 0 aromatic heterocycles. The van der Waals surface area contributed by atoms with Crippen LogP contribution in [-0.4, -0.2) is 39.0 Å². The summed E-state index contributed by atoms with van der Waals surface area (Å²) in [4.78, 5) is 48.6. The van der Waals surface area contributed by atoms with Gasteiger partial charge in [0.05, 0.1) is 12.1 Å². The predicted molar refractivity (Wildman–Crippen MR) is 149 cm³/mol. The van der Waals surface area contributed by atoms with Crippen LogP contribution in [0.25, 0.3) is 0 Å². The van der Waals surface area contributed by atoms with E-state index in [0.717, 1.165) is 57.8 Å². The SMILES string of the molecule is CC(=O)C1(C(=O)O)CCCCCCCC(C#N)(C(=O)O)CCCCCCCC(C#N)(C(=O)O)CCCCCCC1. The Kier molecular flexibility index (Phi) is 15.5. The number of hydrogen-bond acceptors (Lipinski definition) is 6. The number of rotatable bonds is 4. The molecule has 0 aromatic carbocycles. The van der Waals surface area contributed by atoms with E-state index in [9.17, 15) is 45.0 Å². The molecule has 1 saturated carbocycles. The quantitative estimate of drug-likeness (QED) is 0.304. The smallest absolute Gasteiger partial charge is 0.324 e. The summed E-state index contributed by atoms with van der Waals surface area (Å²) in [5, 5.41) is 49.0. The molecular weight excluding hydrogens is 512 g/mol. The van der Waals surface area contributed by atoms with E-state index < -0.39 is 34.2 Å². The molecule has 1 aliphatic rings. The second-order valence-corrected chi connectivity index (χ2v) is 11.7. The Labute approximate surface area is 238 Å². The number of carbonyl (C=O) groups excluding carboxylic acids is 1. The average Bonchev–Trinajstić information content (AvgIpc) is 2.91. The van der Waals surface area contributed by atoms with E-state index in [0.29, 0.717) is 38.5 Å². The van der Waals surface area contributed by atoms with E-state index >= 15 is 0 Å². The van der Waals surface area contributed by atoms with Crippen LogP contribution in [-0.2, 0) is 19.2 Å². The highest BCUT2D eigenvalue weighted by Crippen LogP contribution is 2.36. The number of carboxylic acid groups (broad SMARTS) is 3. The van der Waals surface area contributed by atoms with Crippen LogP contribution in [0.2, 0.25) is 0 Å². The van der Waals surface area contributed by atoms with Gasteiger partial charge in [0.15, 0.2) is 10.8 Å². The van der Waals surface area contributed by atoms with Crippen LogP contribution in [0.1, 0.15) is 142 Å². The number of Topliss-reactive ketones (excluding diaryl/α,β-unsaturated/α-hetero) is 1. The fourth-order valence-electron chi connectivity index (χ4n) is 5.99. The topological polar surface area (TPSA) is 177 Å². The van der Waals surface area contributed by atoms with Gasteiger partial charge in [0.1, 0.15) is 11.2 Å². The van der Waals surface area contributed by atoms with E-state index in [-0.39, 0.29) is 44.3 Å². The zero-order valence-corrected chi connectivity index (χ0v) is 24.2. The van der Waals surface area contributed by atoms with E-state index in [1.54, 1.807) is 0 Å². The van der Waals surface area contributed by atoms with Gasteiger partial charge in [-0.1, -0.05) is 96.3 Å². The van der Waals surface area contributed by atoms with Gasteiger partial charge < -0.3 is 15.3 Å². The third-order valence-corrected chi connectivity index (χ3v) is 8.95. The molecule has 1 aliphatic carbocycles. The van der Waals surface area contributed by atoms with Gasteiger partial charge in [-0.2, -0.15) is 10.5 Å². The van der Waals surface area contributed by atoms with Crippen molar-refractivity contribution in [3.63, 3.8) is 0 Å². The molecule has 0 aromatic rings. The van der Waals surface area contributed by atoms with Crippen molar-refractivity contribution in [2.45, 2.75) is 142 Å². The van der Waals surface area contributed by atoms with Crippen LogP contribution in [0.4, 0.5) is 0 Å². The summed E-state index contributed by atoms with van der Waals surface area (Å²) in [6.45, 7) is 1.34. The molecule has 3 N–H and O–H groups in total. The number of carboxylic acids is 3. The Morgan fingerprint density at radius 3 is 0.925 bits per heavy atom. The molecule has 0 spiro atoms. The molecule has 0 amide bonds. The monoisotopic (exact) mass is 560 g/mol. The molecule has 0 heterocycles. The summed E-state index contributed by atoms with van der Waals surface area (Å²) in [5.41, 5.74) is -4.27. The first-order chi connectivity index (χ1) is 19.0. The maximum atomic E-state index is 12.5. The zero-order chi connectivity index (χ0) is 30.1. The Morgan fingerprint density at radius 2 is 0.725 bits per heavy atom. The van der Waals surface area contributed by atoms with Crippen molar-refractivity contribution in [3.8, 4) is 12.1 Å². The third-order valence-electron chi connectivity index (χ3n) is 8.95. The van der Waals surface area contributed by atoms with E-state index in [2.05, 4.69) is 0 Å². The molecule has 1 fully saturated rings. The fourth-order valence-corrected chi connectivity index (χ4v) is 5.99. The minimum Gasteiger partial charge on any atom is -0.480 e. The average molecular weight is 561 g/mol. The number of hydrogen-bond donors (Lipinski definition) is 3. The van der Waals surface area contributed by atoms with Gasteiger partial charge in [-0.25, -0.2) is 0 Å². The van der Waals surface area contributed by atoms with Crippen molar-refractivity contribution in [3.05, 3.63) is 0 Å². The molecule has 2 unspecified atom stereocenters. The third kappa shape index (κ3) is 10.2. The lowest BCUT2D eigenvalue weighted by atomic mass is 9.74. The fraction of sp³-hybridized carbons (Fsp3) is 0.806. The molecule has 40 heavy (non-hydrogen) atoms. The maximum absolute atomic E-state index is 12.5. The normalized spacial score (nSPS) is 29.5. The van der Waals surface area contributed by atoms with Crippen molar-refractivity contribution in [2.75, 3.05) is 0 Å². The lowest BCUT2D eigenvalue weighted by molar-refractivity contribution is -0.155. The second-order valence-electron chi connectivity index (χ2n) is 11.7. The Bertz CT molecular complexity index is 861. The summed E-state index contributed by atoms with van der Waals surface area (Å²) in [5.74, 6) is -3.65. The minimum atomic E-state index is -1.43. The Balaban J connectivity index is 2.95. The molecule has 9 heteroatoms. The molecule has 2 atom stereocenters. The number of aliphatic carboxylic acids is 3. The predicted octanol–water partition coefficient (Wildman–Crippen LogP) is 7.04. The van der Waals surface area contributed by atoms with Gasteiger partial charge in [0.25, 0.3) is 0 Å². The van der Waals surface area contributed by atoms with Gasteiger partial charge in [-0.15, -0.1) is 0 Å². The highest BCUT2D eigenvalue weighted by Gasteiger charge is 2.42. The molecule has 9 nitrogen and oxygen atoms in total. The Hall–Kier alpha value is -2.94. The molecule has 224 valence electrons. The van der Waals surface area contributed by atoms with Crippen molar-refractivity contribution >= 4 is 23.7 Å². The summed E-state index contributed by atoms with van der Waals surface area (Å²) >= 11 is 0. The van der Waals surface area contributed by atoms with Crippen LogP contribution in [0.15, 0.2) is 0 Å². The van der Waals surface area contributed by atoms with E-state index in [1.807, 2.05) is 12.1 Å². The summed E-state index contributed by atoms with van der Waals surface area (Å²) in [7, 11) is 0. The summed E-state index contributed by atoms with van der Waals surface area (Å²) in [6.07, 6.45) is 11.9. The van der Waals surface area contributed by atoms with Gasteiger partial charge in [0, 0.05) is 0 Å². The molecule has 0 radical (unpaired) electrons. The van der Waals surface area contributed by atoms with Gasteiger partial charge in [0.2, 0.25) is 0 Å². The first-order valence-corrected chi connectivity index (χ1v) is 15.1. The van der Waals surface area contributed by atoms with E-state index in [4.69, 9.17) is 0 Å². The van der Waals surface area contributed by atoms with Crippen molar-refractivity contribution in [2.24, 2.45) is 16.2 Å². The van der Waals surface area contributed by atoms with Crippen LogP contribution in [0, 0.1) is 38.9 Å². The molecule has 0 aliphatic heterocycles. The van der Waals surface area contributed by atoms with Gasteiger partial charge in [-0.05, 0) is 45.4 Å². The van der Waals surface area contributed by atoms with Gasteiger partial charge >= 0.3 is 17.9 Å². The lowest BCUT2D eigenvalue weighted by Gasteiger charge is -2.27. The largest absolute Gasteiger partial charge is 0.480 e. The van der Waals surface area contributed by atoms with Crippen LogP contribution in [0.3, 0.4) is 0 Å².